The van der Waals surface area contributed by atoms with Crippen molar-refractivity contribution in [1.29, 1.82) is 0 Å². The molecule has 1 N–H and O–H groups in total. The minimum Gasteiger partial charge on any atom is -0.487 e. The molecule has 0 fully saturated rings. The van der Waals surface area contributed by atoms with Crippen LogP contribution >= 0.6 is 22.9 Å². The van der Waals surface area contributed by atoms with Crippen LogP contribution in [0.1, 0.15) is 23.9 Å². The van der Waals surface area contributed by atoms with Crippen LogP contribution in [0.3, 0.4) is 0 Å². The number of aryl methyl sites for hydroxylation is 1. The molecule has 6 nitrogen and oxygen atoms in total. The van der Waals surface area contributed by atoms with Crippen LogP contribution in [-0.2, 0) is 22.6 Å². The number of aromatic nitrogens is 1. The molecule has 0 spiro atoms. The average molecular weight is 422 g/mol. The number of rotatable bonds is 9. The molecule has 1 atom stereocenters. The summed E-state index contributed by atoms with van der Waals surface area (Å²) in [6.45, 7) is 4.24. The third kappa shape index (κ3) is 5.13. The lowest BCUT2D eigenvalue weighted by atomic mass is 10.1. The number of aliphatic carboxylic acids is 1. The first-order valence-corrected chi connectivity index (χ1v) is 9.94. The quantitative estimate of drug-likeness (QED) is 0.525. The standard InChI is InChI=1S/C20H20ClNO5S/c1-3-25-16(20(23)24)10-13-4-6-14(7-5-13)26-11-15-12(2)27-19(22-15)17-8-9-18(21)28-17/h4-9,16H,3,10-11H2,1-2H3,(H,23,24)/t16-/m0/s1. The second-order valence-electron chi connectivity index (χ2n) is 6.04. The molecule has 0 radical (unpaired) electrons. The summed E-state index contributed by atoms with van der Waals surface area (Å²) in [7, 11) is 0. The van der Waals surface area contributed by atoms with Crippen LogP contribution in [0.2, 0.25) is 4.34 Å². The molecule has 8 heteroatoms. The molecule has 0 aliphatic heterocycles. The van der Waals surface area contributed by atoms with Gasteiger partial charge in [0.2, 0.25) is 5.89 Å². The van der Waals surface area contributed by atoms with E-state index in [0.29, 0.717) is 40.5 Å². The fourth-order valence-electron chi connectivity index (χ4n) is 2.60. The van der Waals surface area contributed by atoms with E-state index in [1.807, 2.05) is 25.1 Å². The van der Waals surface area contributed by atoms with E-state index in [4.69, 9.17) is 25.5 Å². The van der Waals surface area contributed by atoms with Gasteiger partial charge in [-0.25, -0.2) is 9.78 Å². The summed E-state index contributed by atoms with van der Waals surface area (Å²) in [5.74, 6) is 0.915. The molecule has 28 heavy (non-hydrogen) atoms. The monoisotopic (exact) mass is 421 g/mol. The van der Waals surface area contributed by atoms with E-state index in [1.54, 1.807) is 25.1 Å². The first-order chi connectivity index (χ1) is 13.5. The molecule has 0 saturated carbocycles. The minimum absolute atomic E-state index is 0.268. The highest BCUT2D eigenvalue weighted by molar-refractivity contribution is 7.19. The second-order valence-corrected chi connectivity index (χ2v) is 7.76. The van der Waals surface area contributed by atoms with Crippen LogP contribution in [0, 0.1) is 6.92 Å². The van der Waals surface area contributed by atoms with Crippen molar-refractivity contribution in [2.24, 2.45) is 0 Å². The summed E-state index contributed by atoms with van der Waals surface area (Å²) < 4.78 is 17.4. The van der Waals surface area contributed by atoms with Gasteiger partial charge >= 0.3 is 5.97 Å². The van der Waals surface area contributed by atoms with Crippen molar-refractivity contribution in [3.63, 3.8) is 0 Å². The smallest absolute Gasteiger partial charge is 0.333 e. The van der Waals surface area contributed by atoms with Gasteiger partial charge in [0.05, 0.1) is 9.21 Å². The maximum absolute atomic E-state index is 11.2. The van der Waals surface area contributed by atoms with Crippen molar-refractivity contribution in [3.05, 3.63) is 57.8 Å². The van der Waals surface area contributed by atoms with E-state index in [2.05, 4.69) is 4.98 Å². The van der Waals surface area contributed by atoms with Crippen LogP contribution in [0.15, 0.2) is 40.8 Å². The van der Waals surface area contributed by atoms with E-state index in [1.165, 1.54) is 11.3 Å². The molecule has 1 aromatic carbocycles. The lowest BCUT2D eigenvalue weighted by Gasteiger charge is -2.12. The summed E-state index contributed by atoms with van der Waals surface area (Å²) in [5, 5.41) is 9.17. The number of carboxylic acid groups (broad SMARTS) is 1. The molecule has 0 unspecified atom stereocenters. The molecule has 0 bridgehead atoms. The zero-order valence-electron chi connectivity index (χ0n) is 15.5. The third-order valence-electron chi connectivity index (χ3n) is 4.04. The summed E-state index contributed by atoms with van der Waals surface area (Å²) in [4.78, 5) is 16.5. The number of ether oxygens (including phenoxy) is 2. The number of hydrogen-bond donors (Lipinski definition) is 1. The molecule has 3 aromatic rings. The Kier molecular flexibility index (Phi) is 6.72. The van der Waals surface area contributed by atoms with Gasteiger partial charge in [0.15, 0.2) is 6.10 Å². The fourth-order valence-corrected chi connectivity index (χ4v) is 3.57. The SMILES string of the molecule is CCO[C@@H](Cc1ccc(OCc2nc(-c3ccc(Cl)s3)oc2C)cc1)C(=O)O. The Hall–Kier alpha value is -2.35. The van der Waals surface area contributed by atoms with E-state index < -0.39 is 12.1 Å². The lowest BCUT2D eigenvalue weighted by molar-refractivity contribution is -0.149. The second kappa shape index (κ2) is 9.23. The predicted molar refractivity (Wildman–Crippen MR) is 107 cm³/mol. The van der Waals surface area contributed by atoms with Crippen LogP contribution in [-0.4, -0.2) is 28.8 Å². The topological polar surface area (TPSA) is 81.8 Å². The zero-order chi connectivity index (χ0) is 20.1. The highest BCUT2D eigenvalue weighted by Gasteiger charge is 2.18. The molecule has 0 aliphatic rings. The Morgan fingerprint density at radius 2 is 2.04 bits per heavy atom. The van der Waals surface area contributed by atoms with E-state index >= 15 is 0 Å². The van der Waals surface area contributed by atoms with Crippen LogP contribution < -0.4 is 4.74 Å². The van der Waals surface area contributed by atoms with Crippen molar-refractivity contribution >= 4 is 28.9 Å². The number of hydrogen-bond acceptors (Lipinski definition) is 6. The van der Waals surface area contributed by atoms with Gasteiger partial charge in [-0.05, 0) is 43.7 Å². The largest absolute Gasteiger partial charge is 0.487 e. The Bertz CT molecular complexity index is 934. The first-order valence-electron chi connectivity index (χ1n) is 8.74. The summed E-state index contributed by atoms with van der Waals surface area (Å²) in [6, 6.07) is 10.9. The van der Waals surface area contributed by atoms with Gasteiger partial charge in [0, 0.05) is 13.0 Å². The normalized spacial score (nSPS) is 12.1. The van der Waals surface area contributed by atoms with Crippen molar-refractivity contribution in [1.82, 2.24) is 4.98 Å². The summed E-state index contributed by atoms with van der Waals surface area (Å²) in [6.07, 6.45) is -0.544. The van der Waals surface area contributed by atoms with Crippen molar-refractivity contribution in [2.45, 2.75) is 33.0 Å². The minimum atomic E-state index is -0.966. The van der Waals surface area contributed by atoms with Gasteiger partial charge in [-0.2, -0.15) is 0 Å². The van der Waals surface area contributed by atoms with Gasteiger partial charge in [-0.3, -0.25) is 0 Å². The van der Waals surface area contributed by atoms with E-state index in [9.17, 15) is 9.90 Å². The van der Waals surface area contributed by atoms with Gasteiger partial charge in [-0.1, -0.05) is 23.7 Å². The number of benzene rings is 1. The van der Waals surface area contributed by atoms with Crippen molar-refractivity contribution in [2.75, 3.05) is 6.61 Å². The maximum atomic E-state index is 11.2. The van der Waals surface area contributed by atoms with Crippen LogP contribution in [0.5, 0.6) is 5.75 Å². The predicted octanol–water partition coefficient (Wildman–Crippen LogP) is 4.98. The maximum Gasteiger partial charge on any atom is 0.333 e. The summed E-state index contributed by atoms with van der Waals surface area (Å²) >= 11 is 7.37. The Balaban J connectivity index is 1.61. The number of nitrogens with zero attached hydrogens (tertiary/aromatic N) is 1. The number of carboxylic acids is 1. The molecule has 0 aliphatic carbocycles. The number of carbonyl (C=O) groups is 1. The van der Waals surface area contributed by atoms with Gasteiger partial charge in [-0.15, -0.1) is 11.3 Å². The number of halogens is 1. The lowest BCUT2D eigenvalue weighted by Crippen LogP contribution is -2.26. The Labute approximate surface area is 171 Å². The molecule has 0 saturated heterocycles. The third-order valence-corrected chi connectivity index (χ3v) is 5.26. The van der Waals surface area contributed by atoms with Crippen LogP contribution in [0.25, 0.3) is 10.8 Å². The van der Waals surface area contributed by atoms with Gasteiger partial charge in [0.1, 0.15) is 23.8 Å². The molecule has 0 amide bonds. The zero-order valence-corrected chi connectivity index (χ0v) is 17.0. The first kappa shape index (κ1) is 20.4. The Morgan fingerprint density at radius 1 is 1.29 bits per heavy atom. The highest BCUT2D eigenvalue weighted by atomic mass is 35.5. The molecule has 2 heterocycles. The molecular weight excluding hydrogens is 402 g/mol. The van der Waals surface area contributed by atoms with E-state index in [0.717, 1.165) is 10.4 Å². The van der Waals surface area contributed by atoms with Gasteiger partial charge in [0.25, 0.3) is 0 Å². The molecule has 148 valence electrons. The summed E-state index contributed by atoms with van der Waals surface area (Å²) in [5.41, 5.74) is 1.58. The highest BCUT2D eigenvalue weighted by Crippen LogP contribution is 2.31. The van der Waals surface area contributed by atoms with E-state index in [-0.39, 0.29) is 6.61 Å². The average Bonchev–Trinajstić information content (AvgIpc) is 3.26. The molecule has 2 aromatic heterocycles. The number of thiophene rings is 1. The number of oxazole rings is 1. The van der Waals surface area contributed by atoms with Crippen molar-refractivity contribution < 1.29 is 23.8 Å². The van der Waals surface area contributed by atoms with Crippen molar-refractivity contribution in [3.8, 4) is 16.5 Å². The molecular formula is C20H20ClNO5S. The molecule has 3 rings (SSSR count). The fraction of sp³-hybridized carbons (Fsp3) is 0.300. The Morgan fingerprint density at radius 3 is 2.64 bits per heavy atom. The van der Waals surface area contributed by atoms with Gasteiger partial charge < -0.3 is 19.0 Å². The van der Waals surface area contributed by atoms with Crippen LogP contribution in [0.4, 0.5) is 0 Å².